The van der Waals surface area contributed by atoms with E-state index in [1.165, 1.54) is 24.8 Å². The summed E-state index contributed by atoms with van der Waals surface area (Å²) in [5, 5.41) is 10.00. The molecule has 26 heavy (non-hydrogen) atoms. The van der Waals surface area contributed by atoms with Crippen LogP contribution >= 0.6 is 0 Å². The first-order valence-electron chi connectivity index (χ1n) is 9.76. The summed E-state index contributed by atoms with van der Waals surface area (Å²) in [6.45, 7) is 2.71. The number of allylic oxidation sites excluding steroid dienone is 1. The molecule has 1 aliphatic rings. The van der Waals surface area contributed by atoms with Crippen LogP contribution in [0.5, 0.6) is 0 Å². The number of carbonyl (C=O) groups excluding carboxylic acids is 1. The van der Waals surface area contributed by atoms with Gasteiger partial charge in [-0.3, -0.25) is 4.79 Å². The molecule has 1 aliphatic heterocycles. The van der Waals surface area contributed by atoms with E-state index in [1.807, 2.05) is 18.2 Å². The highest BCUT2D eigenvalue weighted by atomic mass is 16.5. The lowest BCUT2D eigenvalue weighted by Crippen LogP contribution is -2.23. The fourth-order valence-electron chi connectivity index (χ4n) is 3.04. The van der Waals surface area contributed by atoms with Gasteiger partial charge in [0.1, 0.15) is 6.10 Å². The third-order valence-corrected chi connectivity index (χ3v) is 4.57. The van der Waals surface area contributed by atoms with Gasteiger partial charge in [0.05, 0.1) is 6.61 Å². The molecule has 1 N–H and O–H groups in total. The predicted molar refractivity (Wildman–Crippen MR) is 105 cm³/mol. The van der Waals surface area contributed by atoms with Gasteiger partial charge in [-0.1, -0.05) is 55.9 Å². The minimum atomic E-state index is -0.626. The van der Waals surface area contributed by atoms with Crippen molar-refractivity contribution in [3.8, 4) is 11.8 Å². The summed E-state index contributed by atoms with van der Waals surface area (Å²) >= 11 is 0. The standard InChI is InChI=1S/C23H30O3/c1-2-3-4-5-6-7-11-22(24)14-12-19-9-8-10-20(16-19)17-21-13-15-23(25)26-18-21/h6-10,16,21-22,24H,2-5,11,13,15,17-18H2,1H3/b7-6-. The van der Waals surface area contributed by atoms with Gasteiger partial charge < -0.3 is 9.84 Å². The molecule has 2 atom stereocenters. The predicted octanol–water partition coefficient (Wildman–Crippen LogP) is 4.42. The highest BCUT2D eigenvalue weighted by molar-refractivity contribution is 5.69. The van der Waals surface area contributed by atoms with E-state index >= 15 is 0 Å². The average molecular weight is 354 g/mol. The zero-order valence-corrected chi connectivity index (χ0v) is 15.7. The Morgan fingerprint density at radius 1 is 1.35 bits per heavy atom. The maximum Gasteiger partial charge on any atom is 0.305 e. The van der Waals surface area contributed by atoms with Crippen molar-refractivity contribution in [3.63, 3.8) is 0 Å². The minimum Gasteiger partial charge on any atom is -0.465 e. The highest BCUT2D eigenvalue weighted by Crippen LogP contribution is 2.20. The van der Waals surface area contributed by atoms with Crippen molar-refractivity contribution in [3.05, 3.63) is 47.5 Å². The molecule has 0 aliphatic carbocycles. The molecular formula is C23H30O3. The Kier molecular flexibility index (Phi) is 9.00. The maximum absolute atomic E-state index is 11.1. The molecule has 3 heteroatoms. The van der Waals surface area contributed by atoms with Crippen LogP contribution in [-0.2, 0) is 16.0 Å². The van der Waals surface area contributed by atoms with Gasteiger partial charge in [0.2, 0.25) is 0 Å². The molecule has 140 valence electrons. The summed E-state index contributed by atoms with van der Waals surface area (Å²) in [7, 11) is 0. The SMILES string of the molecule is CCCCC/C=C\CC(O)C#Cc1cccc(CC2CCC(=O)OC2)c1. The van der Waals surface area contributed by atoms with E-state index in [-0.39, 0.29) is 5.97 Å². The monoisotopic (exact) mass is 354 g/mol. The Morgan fingerprint density at radius 3 is 3.00 bits per heavy atom. The lowest BCUT2D eigenvalue weighted by Gasteiger charge is -2.21. The second kappa shape index (κ2) is 11.5. The third-order valence-electron chi connectivity index (χ3n) is 4.57. The van der Waals surface area contributed by atoms with E-state index in [4.69, 9.17) is 4.74 Å². The van der Waals surface area contributed by atoms with Crippen LogP contribution < -0.4 is 0 Å². The second-order valence-corrected chi connectivity index (χ2v) is 6.98. The molecule has 2 rings (SSSR count). The number of carbonyl (C=O) groups is 1. The quantitative estimate of drug-likeness (QED) is 0.325. The van der Waals surface area contributed by atoms with Gasteiger partial charge in [-0.15, -0.1) is 0 Å². The summed E-state index contributed by atoms with van der Waals surface area (Å²) in [6.07, 6.45) is 11.2. The molecule has 0 saturated carbocycles. The van der Waals surface area contributed by atoms with E-state index in [9.17, 15) is 9.90 Å². The third kappa shape index (κ3) is 7.89. The van der Waals surface area contributed by atoms with Crippen molar-refractivity contribution >= 4 is 5.97 Å². The fraction of sp³-hybridized carbons (Fsp3) is 0.522. The van der Waals surface area contributed by atoms with Crippen LogP contribution in [0.1, 0.15) is 63.0 Å². The first-order chi connectivity index (χ1) is 12.7. The molecule has 0 amide bonds. The summed E-state index contributed by atoms with van der Waals surface area (Å²) in [5.41, 5.74) is 2.12. The van der Waals surface area contributed by atoms with Gasteiger partial charge in [-0.05, 0) is 49.3 Å². The van der Waals surface area contributed by atoms with Crippen molar-refractivity contribution < 1.29 is 14.6 Å². The van der Waals surface area contributed by atoms with E-state index in [0.717, 1.165) is 24.8 Å². The number of hydrogen-bond donors (Lipinski definition) is 1. The van der Waals surface area contributed by atoms with Gasteiger partial charge in [0.25, 0.3) is 0 Å². The topological polar surface area (TPSA) is 46.5 Å². The molecule has 1 fully saturated rings. The van der Waals surface area contributed by atoms with Gasteiger partial charge in [-0.2, -0.15) is 0 Å². The number of cyclic esters (lactones) is 1. The van der Waals surface area contributed by atoms with Crippen molar-refractivity contribution in [2.45, 2.75) is 64.4 Å². The average Bonchev–Trinajstić information content (AvgIpc) is 2.65. The first-order valence-corrected chi connectivity index (χ1v) is 9.76. The molecule has 3 nitrogen and oxygen atoms in total. The Morgan fingerprint density at radius 2 is 2.23 bits per heavy atom. The molecule has 1 heterocycles. The van der Waals surface area contributed by atoms with Crippen molar-refractivity contribution in [2.24, 2.45) is 5.92 Å². The first kappa shape index (κ1) is 20.3. The summed E-state index contributed by atoms with van der Waals surface area (Å²) in [4.78, 5) is 11.1. The Balaban J connectivity index is 1.80. The van der Waals surface area contributed by atoms with Gasteiger partial charge >= 0.3 is 5.97 Å². The number of rotatable bonds is 8. The Labute approximate surface area is 157 Å². The smallest absolute Gasteiger partial charge is 0.305 e. The van der Waals surface area contributed by atoms with Crippen LogP contribution in [0.2, 0.25) is 0 Å². The van der Waals surface area contributed by atoms with E-state index < -0.39 is 6.10 Å². The molecule has 0 spiro atoms. The number of hydrogen-bond acceptors (Lipinski definition) is 3. The number of ether oxygens (including phenoxy) is 1. The van der Waals surface area contributed by atoms with Crippen LogP contribution in [-0.4, -0.2) is 23.8 Å². The van der Waals surface area contributed by atoms with E-state index in [1.54, 1.807) is 0 Å². The van der Waals surface area contributed by atoms with Crippen LogP contribution in [0.4, 0.5) is 0 Å². The molecule has 0 bridgehead atoms. The van der Waals surface area contributed by atoms with Gasteiger partial charge in [0.15, 0.2) is 0 Å². The Hall–Kier alpha value is -2.05. The number of aliphatic hydroxyl groups is 1. The summed E-state index contributed by atoms with van der Waals surface area (Å²) in [5.74, 6) is 6.29. The van der Waals surface area contributed by atoms with Crippen LogP contribution in [0, 0.1) is 17.8 Å². The summed E-state index contributed by atoms with van der Waals surface area (Å²) < 4.78 is 5.13. The van der Waals surface area contributed by atoms with Gasteiger partial charge in [-0.25, -0.2) is 0 Å². The zero-order chi connectivity index (χ0) is 18.6. The summed E-state index contributed by atoms with van der Waals surface area (Å²) in [6, 6.07) is 8.10. The van der Waals surface area contributed by atoms with Crippen LogP contribution in [0.25, 0.3) is 0 Å². The maximum atomic E-state index is 11.1. The molecule has 2 unspecified atom stereocenters. The lowest BCUT2D eigenvalue weighted by atomic mass is 9.93. The fourth-order valence-corrected chi connectivity index (χ4v) is 3.04. The normalized spacial score (nSPS) is 18.2. The largest absolute Gasteiger partial charge is 0.465 e. The molecule has 1 saturated heterocycles. The minimum absolute atomic E-state index is 0.0886. The number of unbranched alkanes of at least 4 members (excludes halogenated alkanes) is 3. The molecule has 0 aromatic heterocycles. The van der Waals surface area contributed by atoms with Crippen molar-refractivity contribution in [1.29, 1.82) is 0 Å². The van der Waals surface area contributed by atoms with Crippen molar-refractivity contribution in [2.75, 3.05) is 6.61 Å². The van der Waals surface area contributed by atoms with Crippen molar-refractivity contribution in [1.82, 2.24) is 0 Å². The second-order valence-electron chi connectivity index (χ2n) is 6.98. The lowest BCUT2D eigenvalue weighted by molar-refractivity contribution is -0.149. The number of aliphatic hydroxyl groups excluding tert-OH is 1. The van der Waals surface area contributed by atoms with Crippen LogP contribution in [0.3, 0.4) is 0 Å². The van der Waals surface area contributed by atoms with Crippen LogP contribution in [0.15, 0.2) is 36.4 Å². The zero-order valence-electron chi connectivity index (χ0n) is 15.7. The van der Waals surface area contributed by atoms with E-state index in [0.29, 0.717) is 25.4 Å². The number of benzene rings is 1. The highest BCUT2D eigenvalue weighted by Gasteiger charge is 2.19. The van der Waals surface area contributed by atoms with E-state index in [2.05, 4.69) is 37.0 Å². The van der Waals surface area contributed by atoms with Gasteiger partial charge in [0, 0.05) is 18.4 Å². The molecule has 1 aromatic rings. The Bertz CT molecular complexity index is 641. The molecular weight excluding hydrogens is 324 g/mol. The molecule has 1 aromatic carbocycles. The molecule has 0 radical (unpaired) electrons. The number of esters is 1.